The van der Waals surface area contributed by atoms with Crippen molar-refractivity contribution < 1.29 is 9.53 Å². The van der Waals surface area contributed by atoms with E-state index in [1.165, 1.54) is 45.3 Å². The number of likely N-dealkylation sites (tertiary alicyclic amines) is 2. The Labute approximate surface area is 156 Å². The lowest BCUT2D eigenvalue weighted by Gasteiger charge is -2.46. The maximum absolute atomic E-state index is 12.2. The first-order valence-corrected chi connectivity index (χ1v) is 10.2. The number of amides is 1. The fraction of sp³-hybridized carbons (Fsp3) is 0.667. The van der Waals surface area contributed by atoms with Gasteiger partial charge in [-0.25, -0.2) is 0 Å². The Balaban J connectivity index is 1.22. The molecule has 0 atom stereocenters. The van der Waals surface area contributed by atoms with Gasteiger partial charge in [0.25, 0.3) is 5.91 Å². The molecule has 0 radical (unpaired) electrons. The molecule has 1 aliphatic carbocycles. The largest absolute Gasteiger partial charge is 0.488 e. The van der Waals surface area contributed by atoms with E-state index in [1.54, 1.807) is 0 Å². The summed E-state index contributed by atoms with van der Waals surface area (Å²) < 4.78 is 6.11. The second-order valence-corrected chi connectivity index (χ2v) is 8.04. The van der Waals surface area contributed by atoms with Crippen molar-refractivity contribution in [1.82, 2.24) is 15.1 Å². The topological polar surface area (TPSA) is 44.8 Å². The standard InChI is InChI=1S/C21H31N3O2/c1-2-23-10-8-18(9-11-23)24-14-20(15-24)26-19-5-3-4-17(12-19)21(25)22-13-16-6-7-16/h3-5,12,16,18,20H,2,6-11,13-15H2,1H3,(H,22,25). The highest BCUT2D eigenvalue weighted by molar-refractivity contribution is 5.94. The molecule has 1 aromatic carbocycles. The maximum atomic E-state index is 12.2. The van der Waals surface area contributed by atoms with E-state index in [1.807, 2.05) is 24.3 Å². The van der Waals surface area contributed by atoms with Crippen molar-refractivity contribution in [3.63, 3.8) is 0 Å². The molecule has 1 N–H and O–H groups in total. The van der Waals surface area contributed by atoms with E-state index in [4.69, 9.17) is 4.74 Å². The Morgan fingerprint density at radius 1 is 1.19 bits per heavy atom. The van der Waals surface area contributed by atoms with Crippen LogP contribution in [0.3, 0.4) is 0 Å². The number of piperidine rings is 1. The van der Waals surface area contributed by atoms with Gasteiger partial charge in [-0.1, -0.05) is 13.0 Å². The molecule has 1 saturated carbocycles. The minimum atomic E-state index is 0.0141. The number of carbonyl (C=O) groups is 1. The molecule has 5 nitrogen and oxygen atoms in total. The molecule has 5 heteroatoms. The first-order chi connectivity index (χ1) is 12.7. The fourth-order valence-electron chi connectivity index (χ4n) is 4.01. The van der Waals surface area contributed by atoms with E-state index in [0.29, 0.717) is 11.5 Å². The number of carbonyl (C=O) groups excluding carboxylic acids is 1. The number of rotatable bonds is 7. The molecule has 142 valence electrons. The van der Waals surface area contributed by atoms with Gasteiger partial charge in [0.1, 0.15) is 11.9 Å². The Kier molecular flexibility index (Phi) is 5.46. The van der Waals surface area contributed by atoms with Crippen LogP contribution in [0.15, 0.2) is 24.3 Å². The minimum absolute atomic E-state index is 0.0141. The molecule has 0 spiro atoms. The molecule has 26 heavy (non-hydrogen) atoms. The van der Waals surface area contributed by atoms with E-state index in [9.17, 15) is 4.79 Å². The number of nitrogens with one attached hydrogen (secondary N) is 1. The summed E-state index contributed by atoms with van der Waals surface area (Å²) in [6.45, 7) is 8.68. The van der Waals surface area contributed by atoms with E-state index < -0.39 is 0 Å². The van der Waals surface area contributed by atoms with Gasteiger partial charge in [-0.05, 0) is 69.4 Å². The molecule has 2 saturated heterocycles. The predicted molar refractivity (Wildman–Crippen MR) is 103 cm³/mol. The highest BCUT2D eigenvalue weighted by Crippen LogP contribution is 2.28. The minimum Gasteiger partial charge on any atom is -0.488 e. The number of hydrogen-bond acceptors (Lipinski definition) is 4. The zero-order valence-corrected chi connectivity index (χ0v) is 15.8. The van der Waals surface area contributed by atoms with Gasteiger partial charge >= 0.3 is 0 Å². The third-order valence-corrected chi connectivity index (χ3v) is 6.04. The van der Waals surface area contributed by atoms with Gasteiger partial charge in [0.15, 0.2) is 0 Å². The van der Waals surface area contributed by atoms with Crippen LogP contribution in [0.1, 0.15) is 43.0 Å². The van der Waals surface area contributed by atoms with Gasteiger partial charge in [0, 0.05) is 31.2 Å². The summed E-state index contributed by atoms with van der Waals surface area (Å²) in [7, 11) is 0. The Morgan fingerprint density at radius 3 is 2.65 bits per heavy atom. The lowest BCUT2D eigenvalue weighted by atomic mass is 9.98. The van der Waals surface area contributed by atoms with Crippen LogP contribution < -0.4 is 10.1 Å². The van der Waals surface area contributed by atoms with Crippen LogP contribution in [0.2, 0.25) is 0 Å². The summed E-state index contributed by atoms with van der Waals surface area (Å²) >= 11 is 0. The zero-order valence-electron chi connectivity index (χ0n) is 15.8. The van der Waals surface area contributed by atoms with Gasteiger partial charge in [-0.15, -0.1) is 0 Å². The van der Waals surface area contributed by atoms with Crippen molar-refractivity contribution in [2.45, 2.75) is 44.8 Å². The third kappa shape index (κ3) is 4.38. The summed E-state index contributed by atoms with van der Waals surface area (Å²) in [5, 5.41) is 3.02. The monoisotopic (exact) mass is 357 g/mol. The van der Waals surface area contributed by atoms with Gasteiger partial charge < -0.3 is 15.0 Å². The molecule has 0 aromatic heterocycles. The lowest BCUT2D eigenvalue weighted by molar-refractivity contribution is -0.0261. The van der Waals surface area contributed by atoms with Crippen molar-refractivity contribution in [2.75, 3.05) is 39.3 Å². The zero-order chi connectivity index (χ0) is 17.9. The maximum Gasteiger partial charge on any atom is 0.251 e. The number of hydrogen-bond donors (Lipinski definition) is 1. The molecular weight excluding hydrogens is 326 g/mol. The quantitative estimate of drug-likeness (QED) is 0.814. The Hall–Kier alpha value is -1.59. The van der Waals surface area contributed by atoms with Crippen molar-refractivity contribution in [2.24, 2.45) is 5.92 Å². The summed E-state index contributed by atoms with van der Waals surface area (Å²) in [6.07, 6.45) is 5.30. The smallest absolute Gasteiger partial charge is 0.251 e. The molecule has 0 bridgehead atoms. The highest BCUT2D eigenvalue weighted by Gasteiger charge is 2.35. The van der Waals surface area contributed by atoms with Crippen LogP contribution in [0.25, 0.3) is 0 Å². The van der Waals surface area contributed by atoms with E-state index >= 15 is 0 Å². The van der Waals surface area contributed by atoms with E-state index in [0.717, 1.165) is 31.4 Å². The van der Waals surface area contributed by atoms with Crippen LogP contribution in [-0.2, 0) is 0 Å². The normalized spacial score (nSPS) is 22.8. The van der Waals surface area contributed by atoms with Gasteiger partial charge in [0.2, 0.25) is 0 Å². The summed E-state index contributed by atoms with van der Waals surface area (Å²) in [6, 6.07) is 8.34. The number of benzene rings is 1. The van der Waals surface area contributed by atoms with Crippen molar-refractivity contribution in [1.29, 1.82) is 0 Å². The molecule has 2 aliphatic heterocycles. The van der Waals surface area contributed by atoms with E-state index in [-0.39, 0.29) is 12.0 Å². The molecule has 1 aromatic rings. The first kappa shape index (κ1) is 17.8. The molecule has 4 rings (SSSR count). The Bertz CT molecular complexity index is 617. The fourth-order valence-corrected chi connectivity index (χ4v) is 4.01. The summed E-state index contributed by atoms with van der Waals surface area (Å²) in [5.41, 5.74) is 0.700. The lowest BCUT2D eigenvalue weighted by Crippen LogP contribution is -2.59. The van der Waals surface area contributed by atoms with Crippen LogP contribution in [0, 0.1) is 5.92 Å². The molecular formula is C21H31N3O2. The summed E-state index contributed by atoms with van der Waals surface area (Å²) in [5.74, 6) is 1.53. The van der Waals surface area contributed by atoms with Crippen LogP contribution in [-0.4, -0.2) is 67.1 Å². The number of ether oxygens (including phenoxy) is 1. The van der Waals surface area contributed by atoms with Gasteiger partial charge in [0.05, 0.1) is 0 Å². The average molecular weight is 357 g/mol. The molecule has 2 heterocycles. The van der Waals surface area contributed by atoms with E-state index in [2.05, 4.69) is 22.0 Å². The second-order valence-electron chi connectivity index (χ2n) is 8.04. The second kappa shape index (κ2) is 7.97. The summed E-state index contributed by atoms with van der Waals surface area (Å²) in [4.78, 5) is 17.3. The van der Waals surface area contributed by atoms with Crippen molar-refractivity contribution in [3.05, 3.63) is 29.8 Å². The van der Waals surface area contributed by atoms with Crippen LogP contribution in [0.5, 0.6) is 5.75 Å². The molecule has 3 aliphatic rings. The van der Waals surface area contributed by atoms with Crippen molar-refractivity contribution in [3.8, 4) is 5.75 Å². The van der Waals surface area contributed by atoms with Crippen LogP contribution in [0.4, 0.5) is 0 Å². The predicted octanol–water partition coefficient (Wildman–Crippen LogP) is 2.37. The molecule has 0 unspecified atom stereocenters. The SMILES string of the molecule is CCN1CCC(N2CC(Oc3cccc(C(=O)NCC4CC4)c3)C2)CC1. The molecule has 1 amide bonds. The van der Waals surface area contributed by atoms with Crippen molar-refractivity contribution >= 4 is 5.91 Å². The average Bonchev–Trinajstić information content (AvgIpc) is 3.47. The Morgan fingerprint density at radius 2 is 1.96 bits per heavy atom. The van der Waals surface area contributed by atoms with Crippen LogP contribution >= 0.6 is 0 Å². The molecule has 3 fully saturated rings. The van der Waals surface area contributed by atoms with Gasteiger partial charge in [-0.3, -0.25) is 9.69 Å². The first-order valence-electron chi connectivity index (χ1n) is 10.2. The number of nitrogens with zero attached hydrogens (tertiary/aromatic N) is 2. The highest BCUT2D eigenvalue weighted by atomic mass is 16.5. The third-order valence-electron chi connectivity index (χ3n) is 6.04. The van der Waals surface area contributed by atoms with Gasteiger partial charge in [-0.2, -0.15) is 0 Å².